The molecule has 1 aromatic rings. The summed E-state index contributed by atoms with van der Waals surface area (Å²) >= 11 is 1.58. The van der Waals surface area contributed by atoms with Crippen molar-refractivity contribution in [2.24, 2.45) is 0 Å². The topological polar surface area (TPSA) is 20.2 Å². The van der Waals surface area contributed by atoms with E-state index < -0.39 is 11.6 Å². The Morgan fingerprint density at radius 3 is 2.40 bits per heavy atom. The summed E-state index contributed by atoms with van der Waals surface area (Å²) in [4.78, 5) is 0. The van der Waals surface area contributed by atoms with Crippen molar-refractivity contribution in [3.63, 3.8) is 0 Å². The third-order valence-corrected chi connectivity index (χ3v) is 3.30. The predicted molar refractivity (Wildman–Crippen MR) is 58.8 cm³/mol. The number of halogens is 2. The van der Waals surface area contributed by atoms with Gasteiger partial charge in [0.1, 0.15) is 11.6 Å². The second-order valence-electron chi connectivity index (χ2n) is 3.41. The number of hydrogen-bond acceptors (Lipinski definition) is 2. The molecule has 0 spiro atoms. The molecule has 1 nitrogen and oxygen atoms in total. The lowest BCUT2D eigenvalue weighted by molar-refractivity contribution is 0.289. The Balaban J connectivity index is 2.50. The molecule has 1 atom stereocenters. The fourth-order valence-electron chi connectivity index (χ4n) is 1.20. The molecule has 1 aromatic carbocycles. The minimum Gasteiger partial charge on any atom is -0.396 e. The first-order chi connectivity index (χ1) is 7.11. The summed E-state index contributed by atoms with van der Waals surface area (Å²) in [7, 11) is 0. The summed E-state index contributed by atoms with van der Waals surface area (Å²) in [5, 5.41) is 8.98. The monoisotopic (exact) mass is 232 g/mol. The van der Waals surface area contributed by atoms with Gasteiger partial charge >= 0.3 is 0 Å². The lowest BCUT2D eigenvalue weighted by atomic mass is 10.2. The average Bonchev–Trinajstić information content (AvgIpc) is 2.14. The highest BCUT2D eigenvalue weighted by atomic mass is 32.2. The minimum absolute atomic E-state index is 0.145. The van der Waals surface area contributed by atoms with Crippen molar-refractivity contribution in [1.82, 2.24) is 0 Å². The lowest BCUT2D eigenvalue weighted by Crippen LogP contribution is -2.00. The molecule has 4 heteroatoms. The van der Waals surface area contributed by atoms with Gasteiger partial charge in [-0.3, -0.25) is 0 Å². The second-order valence-corrected chi connectivity index (χ2v) is 4.84. The van der Waals surface area contributed by atoms with E-state index in [0.29, 0.717) is 23.0 Å². The number of thioether (sulfide) groups is 1. The van der Waals surface area contributed by atoms with Gasteiger partial charge in [-0.25, -0.2) is 8.78 Å². The molecule has 0 fully saturated rings. The molecular formula is C11H14F2OS. The summed E-state index contributed by atoms with van der Waals surface area (Å²) in [6.07, 6.45) is 0.697. The predicted octanol–water partition coefficient (Wildman–Crippen LogP) is 2.97. The van der Waals surface area contributed by atoms with E-state index in [9.17, 15) is 8.78 Å². The summed E-state index contributed by atoms with van der Waals surface area (Å²) in [5.74, 6) is -0.517. The highest BCUT2D eigenvalue weighted by Gasteiger charge is 2.04. The van der Waals surface area contributed by atoms with Gasteiger partial charge in [0.05, 0.1) is 0 Å². The molecule has 0 aromatic heterocycles. The van der Waals surface area contributed by atoms with Gasteiger partial charge in [-0.2, -0.15) is 11.8 Å². The van der Waals surface area contributed by atoms with E-state index in [1.54, 1.807) is 11.8 Å². The van der Waals surface area contributed by atoms with Gasteiger partial charge in [0.25, 0.3) is 0 Å². The Labute approximate surface area is 92.5 Å². The SMILES string of the molecule is CC(CCO)SCc1cc(F)cc(F)c1. The smallest absolute Gasteiger partial charge is 0.126 e. The van der Waals surface area contributed by atoms with E-state index in [1.165, 1.54) is 12.1 Å². The van der Waals surface area contributed by atoms with E-state index in [2.05, 4.69) is 0 Å². The molecule has 0 bridgehead atoms. The van der Waals surface area contributed by atoms with Crippen molar-refractivity contribution >= 4 is 11.8 Å². The summed E-state index contributed by atoms with van der Waals surface area (Å²) in [5.41, 5.74) is 0.641. The van der Waals surface area contributed by atoms with Crippen LogP contribution in [0, 0.1) is 11.6 Å². The fourth-order valence-corrected chi connectivity index (χ4v) is 2.11. The van der Waals surface area contributed by atoms with Crippen molar-refractivity contribution in [3.8, 4) is 0 Å². The van der Waals surface area contributed by atoms with Gasteiger partial charge in [0.2, 0.25) is 0 Å². The second kappa shape index (κ2) is 6.08. The van der Waals surface area contributed by atoms with Crippen LogP contribution in [0.1, 0.15) is 18.9 Å². The quantitative estimate of drug-likeness (QED) is 0.842. The van der Waals surface area contributed by atoms with E-state index >= 15 is 0 Å². The summed E-state index contributed by atoms with van der Waals surface area (Å²) < 4.78 is 25.6. The molecule has 0 aliphatic carbocycles. The first kappa shape index (κ1) is 12.5. The number of aliphatic hydroxyl groups is 1. The van der Waals surface area contributed by atoms with Crippen LogP contribution in [0.15, 0.2) is 18.2 Å². The first-order valence-electron chi connectivity index (χ1n) is 4.79. The maximum atomic E-state index is 12.8. The molecule has 15 heavy (non-hydrogen) atoms. The third kappa shape index (κ3) is 4.62. The Morgan fingerprint density at radius 1 is 1.27 bits per heavy atom. The molecule has 0 amide bonds. The molecule has 0 radical (unpaired) electrons. The molecule has 0 aliphatic heterocycles. The van der Waals surface area contributed by atoms with Gasteiger partial charge in [-0.05, 0) is 24.1 Å². The molecular weight excluding hydrogens is 218 g/mol. The zero-order chi connectivity index (χ0) is 11.3. The molecule has 0 aliphatic rings. The zero-order valence-electron chi connectivity index (χ0n) is 8.54. The van der Waals surface area contributed by atoms with Crippen LogP contribution in [-0.2, 0) is 5.75 Å². The van der Waals surface area contributed by atoms with Gasteiger partial charge in [0, 0.05) is 23.7 Å². The third-order valence-electron chi connectivity index (χ3n) is 1.99. The molecule has 0 heterocycles. The highest BCUT2D eigenvalue weighted by molar-refractivity contribution is 7.99. The van der Waals surface area contributed by atoms with Crippen LogP contribution in [-0.4, -0.2) is 17.0 Å². The van der Waals surface area contributed by atoms with Crippen molar-refractivity contribution in [3.05, 3.63) is 35.4 Å². The Kier molecular flexibility index (Phi) is 5.05. The normalized spacial score (nSPS) is 12.8. The number of hydrogen-bond donors (Lipinski definition) is 1. The van der Waals surface area contributed by atoms with E-state index in [0.717, 1.165) is 6.07 Å². The Morgan fingerprint density at radius 2 is 1.87 bits per heavy atom. The van der Waals surface area contributed by atoms with Gasteiger partial charge < -0.3 is 5.11 Å². The van der Waals surface area contributed by atoms with Crippen molar-refractivity contribution in [2.75, 3.05) is 6.61 Å². The first-order valence-corrected chi connectivity index (χ1v) is 5.84. The van der Waals surface area contributed by atoms with Gasteiger partial charge in [-0.15, -0.1) is 0 Å². The standard InChI is InChI=1S/C11H14F2OS/c1-8(2-3-14)15-7-9-4-10(12)6-11(13)5-9/h4-6,8,14H,2-3,7H2,1H3. The fraction of sp³-hybridized carbons (Fsp3) is 0.455. The van der Waals surface area contributed by atoms with E-state index in [1.807, 2.05) is 6.92 Å². The van der Waals surface area contributed by atoms with Crippen LogP contribution in [0.3, 0.4) is 0 Å². The van der Waals surface area contributed by atoms with Crippen LogP contribution >= 0.6 is 11.8 Å². The number of aliphatic hydroxyl groups excluding tert-OH is 1. The maximum Gasteiger partial charge on any atom is 0.126 e. The van der Waals surface area contributed by atoms with Gasteiger partial charge in [-0.1, -0.05) is 6.92 Å². The molecule has 1 rings (SSSR count). The molecule has 84 valence electrons. The van der Waals surface area contributed by atoms with E-state index in [-0.39, 0.29) is 6.61 Å². The minimum atomic E-state index is -0.541. The van der Waals surface area contributed by atoms with Crippen molar-refractivity contribution in [1.29, 1.82) is 0 Å². The lowest BCUT2D eigenvalue weighted by Gasteiger charge is -2.09. The largest absolute Gasteiger partial charge is 0.396 e. The zero-order valence-corrected chi connectivity index (χ0v) is 9.36. The van der Waals surface area contributed by atoms with Crippen LogP contribution < -0.4 is 0 Å². The van der Waals surface area contributed by atoms with E-state index in [4.69, 9.17) is 5.11 Å². The number of benzene rings is 1. The summed E-state index contributed by atoms with van der Waals surface area (Å²) in [6, 6.07) is 3.54. The van der Waals surface area contributed by atoms with Crippen LogP contribution in [0.4, 0.5) is 8.78 Å². The average molecular weight is 232 g/mol. The Bertz CT molecular complexity index is 297. The molecule has 0 saturated heterocycles. The van der Waals surface area contributed by atoms with Crippen LogP contribution in [0.5, 0.6) is 0 Å². The van der Waals surface area contributed by atoms with Gasteiger partial charge in [0.15, 0.2) is 0 Å². The van der Waals surface area contributed by atoms with Crippen LogP contribution in [0.25, 0.3) is 0 Å². The summed E-state index contributed by atoms with van der Waals surface area (Å²) in [6.45, 7) is 2.13. The highest BCUT2D eigenvalue weighted by Crippen LogP contribution is 2.20. The molecule has 0 saturated carbocycles. The van der Waals surface area contributed by atoms with Crippen molar-refractivity contribution < 1.29 is 13.9 Å². The Hall–Kier alpha value is -0.610. The molecule has 1 N–H and O–H groups in total. The number of rotatable bonds is 5. The van der Waals surface area contributed by atoms with Crippen LogP contribution in [0.2, 0.25) is 0 Å². The van der Waals surface area contributed by atoms with Crippen molar-refractivity contribution in [2.45, 2.75) is 24.3 Å². The molecule has 1 unspecified atom stereocenters. The maximum absolute atomic E-state index is 12.8.